The summed E-state index contributed by atoms with van der Waals surface area (Å²) in [5, 5.41) is 0. The second kappa shape index (κ2) is 4.45. The second-order valence-electron chi connectivity index (χ2n) is 3.70. The van der Waals surface area contributed by atoms with Gasteiger partial charge in [-0.15, -0.1) is 0 Å². The number of hydrogen-bond acceptors (Lipinski definition) is 2. The molecule has 0 atom stereocenters. The van der Waals surface area contributed by atoms with E-state index in [4.69, 9.17) is 0 Å². The van der Waals surface area contributed by atoms with Crippen LogP contribution in [0.3, 0.4) is 0 Å². The fourth-order valence-electron chi connectivity index (χ4n) is 1.75. The lowest BCUT2D eigenvalue weighted by molar-refractivity contribution is -0.127. The van der Waals surface area contributed by atoms with Crippen molar-refractivity contribution < 1.29 is 4.79 Å². The normalized spacial score (nSPS) is 29.8. The van der Waals surface area contributed by atoms with Crippen molar-refractivity contribution in [2.75, 3.05) is 7.05 Å². The first-order valence-corrected chi connectivity index (χ1v) is 4.70. The molecule has 3 nitrogen and oxygen atoms in total. The summed E-state index contributed by atoms with van der Waals surface area (Å²) in [5.41, 5.74) is 5.32. The maximum atomic E-state index is 11.3. The average Bonchev–Trinajstić information content (AvgIpc) is 2.06. The summed E-state index contributed by atoms with van der Waals surface area (Å²) in [6, 6.07) is 0. The van der Waals surface area contributed by atoms with Gasteiger partial charge in [-0.3, -0.25) is 10.2 Å². The number of amides is 1. The van der Waals surface area contributed by atoms with Crippen LogP contribution in [0.5, 0.6) is 0 Å². The van der Waals surface area contributed by atoms with Crippen LogP contribution in [-0.2, 0) is 4.79 Å². The first kappa shape index (κ1) is 9.52. The van der Waals surface area contributed by atoms with E-state index >= 15 is 0 Å². The molecule has 1 amide bonds. The van der Waals surface area contributed by atoms with Gasteiger partial charge in [0.2, 0.25) is 5.91 Å². The lowest BCUT2D eigenvalue weighted by Gasteiger charge is -2.24. The van der Waals surface area contributed by atoms with Crippen LogP contribution >= 0.6 is 0 Å². The minimum atomic E-state index is 0.157. The van der Waals surface area contributed by atoms with Gasteiger partial charge in [0.1, 0.15) is 0 Å². The number of hydrazine groups is 1. The van der Waals surface area contributed by atoms with Crippen LogP contribution in [0.4, 0.5) is 0 Å². The van der Waals surface area contributed by atoms with Crippen molar-refractivity contribution in [3.8, 4) is 0 Å². The van der Waals surface area contributed by atoms with E-state index in [1.807, 2.05) is 0 Å². The van der Waals surface area contributed by atoms with Crippen molar-refractivity contribution in [1.82, 2.24) is 10.9 Å². The average molecular weight is 170 g/mol. The van der Waals surface area contributed by atoms with Crippen molar-refractivity contribution in [2.45, 2.75) is 32.6 Å². The van der Waals surface area contributed by atoms with E-state index in [1.54, 1.807) is 7.05 Å². The molecule has 0 radical (unpaired) electrons. The Morgan fingerprint density at radius 1 is 1.25 bits per heavy atom. The van der Waals surface area contributed by atoms with Gasteiger partial charge in [-0.25, -0.2) is 5.43 Å². The van der Waals surface area contributed by atoms with Crippen LogP contribution in [-0.4, -0.2) is 13.0 Å². The van der Waals surface area contributed by atoms with Gasteiger partial charge in [0.15, 0.2) is 0 Å². The highest BCUT2D eigenvalue weighted by molar-refractivity contribution is 5.78. The van der Waals surface area contributed by atoms with E-state index in [2.05, 4.69) is 17.8 Å². The van der Waals surface area contributed by atoms with E-state index in [0.29, 0.717) is 0 Å². The molecule has 0 saturated heterocycles. The molecule has 0 bridgehead atoms. The molecule has 0 unspecified atom stereocenters. The topological polar surface area (TPSA) is 41.1 Å². The van der Waals surface area contributed by atoms with Crippen molar-refractivity contribution in [1.29, 1.82) is 0 Å². The Morgan fingerprint density at radius 2 is 1.83 bits per heavy atom. The van der Waals surface area contributed by atoms with Crippen LogP contribution in [0.15, 0.2) is 0 Å². The maximum absolute atomic E-state index is 11.3. The lowest BCUT2D eigenvalue weighted by Crippen LogP contribution is -2.39. The molecule has 1 aliphatic carbocycles. The summed E-state index contributed by atoms with van der Waals surface area (Å²) in [7, 11) is 1.73. The molecule has 3 heteroatoms. The molecule has 70 valence electrons. The van der Waals surface area contributed by atoms with Gasteiger partial charge in [-0.2, -0.15) is 0 Å². The molecule has 1 aliphatic rings. The minimum absolute atomic E-state index is 0.157. The Kier molecular flexibility index (Phi) is 3.53. The van der Waals surface area contributed by atoms with Gasteiger partial charge >= 0.3 is 0 Å². The molecule has 0 aromatic heterocycles. The molecule has 1 rings (SSSR count). The smallest absolute Gasteiger partial charge is 0.237 e. The predicted octanol–water partition coefficient (Wildman–Crippen LogP) is 1.06. The molecule has 1 fully saturated rings. The molecule has 0 heterocycles. The third-order valence-corrected chi connectivity index (χ3v) is 2.63. The number of carbonyl (C=O) groups excluding carboxylic acids is 1. The number of nitrogens with one attached hydrogen (secondary N) is 2. The SMILES string of the molecule is CNNC(=O)C1CCC(C)CC1. The summed E-state index contributed by atoms with van der Waals surface area (Å²) in [6.07, 6.45) is 4.49. The molecule has 0 aromatic rings. The maximum Gasteiger partial charge on any atom is 0.237 e. The minimum Gasteiger partial charge on any atom is -0.292 e. The zero-order valence-electron chi connectivity index (χ0n) is 7.89. The number of carbonyl (C=O) groups is 1. The van der Waals surface area contributed by atoms with Gasteiger partial charge in [0.25, 0.3) is 0 Å². The van der Waals surface area contributed by atoms with E-state index in [-0.39, 0.29) is 11.8 Å². The zero-order valence-corrected chi connectivity index (χ0v) is 7.89. The van der Waals surface area contributed by atoms with Crippen molar-refractivity contribution in [2.24, 2.45) is 11.8 Å². The number of hydrogen-bond donors (Lipinski definition) is 2. The van der Waals surface area contributed by atoms with Crippen molar-refractivity contribution >= 4 is 5.91 Å². The molecule has 0 spiro atoms. The molecule has 12 heavy (non-hydrogen) atoms. The van der Waals surface area contributed by atoms with E-state index in [1.165, 1.54) is 12.8 Å². The molecular weight excluding hydrogens is 152 g/mol. The van der Waals surface area contributed by atoms with Crippen LogP contribution in [0.2, 0.25) is 0 Å². The summed E-state index contributed by atoms with van der Waals surface area (Å²) in [6.45, 7) is 2.26. The van der Waals surface area contributed by atoms with Crippen LogP contribution in [0.25, 0.3) is 0 Å². The molecule has 1 saturated carbocycles. The summed E-state index contributed by atoms with van der Waals surface area (Å²) in [4.78, 5) is 11.3. The van der Waals surface area contributed by atoms with Gasteiger partial charge in [-0.05, 0) is 31.6 Å². The van der Waals surface area contributed by atoms with Crippen LogP contribution in [0.1, 0.15) is 32.6 Å². The largest absolute Gasteiger partial charge is 0.292 e. The summed E-state index contributed by atoms with van der Waals surface area (Å²) >= 11 is 0. The van der Waals surface area contributed by atoms with Gasteiger partial charge < -0.3 is 0 Å². The van der Waals surface area contributed by atoms with Crippen molar-refractivity contribution in [3.63, 3.8) is 0 Å². The standard InChI is InChI=1S/C9H18N2O/c1-7-3-5-8(6-4-7)9(12)11-10-2/h7-8,10H,3-6H2,1-2H3,(H,11,12). The van der Waals surface area contributed by atoms with E-state index in [0.717, 1.165) is 18.8 Å². The van der Waals surface area contributed by atoms with Crippen LogP contribution < -0.4 is 10.9 Å². The first-order valence-electron chi connectivity index (χ1n) is 4.70. The Bertz CT molecular complexity index is 151. The third kappa shape index (κ3) is 2.48. The highest BCUT2D eigenvalue weighted by Crippen LogP contribution is 2.27. The fourth-order valence-corrected chi connectivity index (χ4v) is 1.75. The quantitative estimate of drug-likeness (QED) is 0.608. The molecule has 2 N–H and O–H groups in total. The van der Waals surface area contributed by atoms with Crippen LogP contribution in [0, 0.1) is 11.8 Å². The highest BCUT2D eigenvalue weighted by atomic mass is 16.2. The van der Waals surface area contributed by atoms with E-state index < -0.39 is 0 Å². The lowest BCUT2D eigenvalue weighted by atomic mass is 9.83. The monoisotopic (exact) mass is 170 g/mol. The van der Waals surface area contributed by atoms with Crippen molar-refractivity contribution in [3.05, 3.63) is 0 Å². The van der Waals surface area contributed by atoms with E-state index in [9.17, 15) is 4.79 Å². The Labute approximate surface area is 73.9 Å². The zero-order chi connectivity index (χ0) is 8.97. The fraction of sp³-hybridized carbons (Fsp3) is 0.889. The van der Waals surface area contributed by atoms with Gasteiger partial charge in [0.05, 0.1) is 0 Å². The van der Waals surface area contributed by atoms with Gasteiger partial charge in [-0.1, -0.05) is 6.92 Å². The molecule has 0 aliphatic heterocycles. The number of rotatable bonds is 2. The second-order valence-corrected chi connectivity index (χ2v) is 3.70. The summed E-state index contributed by atoms with van der Waals surface area (Å²) in [5.74, 6) is 1.21. The van der Waals surface area contributed by atoms with Gasteiger partial charge in [0, 0.05) is 13.0 Å². The predicted molar refractivity (Wildman–Crippen MR) is 48.3 cm³/mol. The summed E-state index contributed by atoms with van der Waals surface area (Å²) < 4.78 is 0. The Morgan fingerprint density at radius 3 is 2.33 bits per heavy atom. The molecule has 0 aromatic carbocycles. The highest BCUT2D eigenvalue weighted by Gasteiger charge is 2.23. The first-order chi connectivity index (χ1) is 5.74. The third-order valence-electron chi connectivity index (χ3n) is 2.63. The Balaban J connectivity index is 2.29. The molecular formula is C9H18N2O. The Hall–Kier alpha value is -0.570.